The number of epoxide rings is 1. The fourth-order valence-corrected chi connectivity index (χ4v) is 1.43. The molecule has 4 heteroatoms. The van der Waals surface area contributed by atoms with Gasteiger partial charge in [-0.15, -0.1) is 0 Å². The summed E-state index contributed by atoms with van der Waals surface area (Å²) >= 11 is 0. The maximum atomic E-state index is 11.2. The quantitative estimate of drug-likeness (QED) is 0.485. The summed E-state index contributed by atoms with van der Waals surface area (Å²) in [5.41, 5.74) is 0.554. The lowest BCUT2D eigenvalue weighted by Crippen LogP contribution is -2.22. The first kappa shape index (κ1) is 8.72. The Bertz CT molecular complexity index is 269. The Kier molecular flexibility index (Phi) is 1.89. The van der Waals surface area contributed by atoms with Crippen molar-refractivity contribution in [2.24, 2.45) is 0 Å². The molecule has 2 aliphatic rings. The Morgan fingerprint density at radius 3 is 2.62 bits per heavy atom. The number of esters is 1. The maximum Gasteiger partial charge on any atom is 0.337 e. The van der Waals surface area contributed by atoms with Gasteiger partial charge in [-0.25, -0.2) is 4.79 Å². The molecule has 2 rings (SSSR count). The van der Waals surface area contributed by atoms with Gasteiger partial charge in [0.15, 0.2) is 0 Å². The highest BCUT2D eigenvalue weighted by Gasteiger charge is 2.45. The van der Waals surface area contributed by atoms with Crippen molar-refractivity contribution >= 4 is 5.97 Å². The second-order valence-corrected chi connectivity index (χ2v) is 3.49. The zero-order chi connectivity index (χ0) is 9.59. The second kappa shape index (κ2) is 2.82. The number of hydrogen-bond donors (Lipinski definition) is 1. The van der Waals surface area contributed by atoms with Gasteiger partial charge in [-0.05, 0) is 19.9 Å². The van der Waals surface area contributed by atoms with Crippen molar-refractivity contribution in [3.8, 4) is 0 Å². The molecule has 0 spiro atoms. The van der Waals surface area contributed by atoms with E-state index in [4.69, 9.17) is 9.47 Å². The molecule has 1 unspecified atom stereocenters. The highest BCUT2D eigenvalue weighted by Crippen LogP contribution is 2.33. The van der Waals surface area contributed by atoms with Crippen LogP contribution in [-0.2, 0) is 14.3 Å². The summed E-state index contributed by atoms with van der Waals surface area (Å²) in [5, 5.41) is 9.19. The van der Waals surface area contributed by atoms with Crippen molar-refractivity contribution in [2.45, 2.75) is 38.3 Å². The number of cyclic esters (lactones) is 1. The lowest BCUT2D eigenvalue weighted by Gasteiger charge is -2.09. The fraction of sp³-hybridized carbons (Fsp3) is 0.667. The van der Waals surface area contributed by atoms with E-state index in [-0.39, 0.29) is 18.2 Å². The van der Waals surface area contributed by atoms with Crippen molar-refractivity contribution in [1.82, 2.24) is 0 Å². The summed E-state index contributed by atoms with van der Waals surface area (Å²) in [5.74, 6) is -0.361. The monoisotopic (exact) mass is 184 g/mol. The van der Waals surface area contributed by atoms with Crippen LogP contribution in [0.4, 0.5) is 0 Å². The van der Waals surface area contributed by atoms with Gasteiger partial charge < -0.3 is 14.6 Å². The number of aliphatic hydroxyl groups is 1. The van der Waals surface area contributed by atoms with Gasteiger partial charge in [0, 0.05) is 0 Å². The predicted molar refractivity (Wildman–Crippen MR) is 44.0 cm³/mol. The van der Waals surface area contributed by atoms with Crippen molar-refractivity contribution < 1.29 is 19.4 Å². The summed E-state index contributed by atoms with van der Waals surface area (Å²) in [6, 6.07) is 0. The van der Waals surface area contributed by atoms with Crippen LogP contribution < -0.4 is 0 Å². The minimum atomic E-state index is -0.657. The molecule has 0 aromatic carbocycles. The average Bonchev–Trinajstić information content (AvgIpc) is 2.60. The summed E-state index contributed by atoms with van der Waals surface area (Å²) in [6.45, 7) is 3.49. The number of rotatable bonds is 2. The van der Waals surface area contributed by atoms with Crippen molar-refractivity contribution in [3.63, 3.8) is 0 Å². The van der Waals surface area contributed by atoms with E-state index in [0.717, 1.165) is 0 Å². The topological polar surface area (TPSA) is 59.1 Å². The molecule has 4 atom stereocenters. The Morgan fingerprint density at radius 1 is 1.62 bits per heavy atom. The Labute approximate surface area is 76.1 Å². The first-order valence-electron chi connectivity index (χ1n) is 4.36. The first-order valence-corrected chi connectivity index (χ1v) is 4.36. The number of carbonyl (C=O) groups is 1. The molecule has 13 heavy (non-hydrogen) atoms. The minimum Gasteiger partial charge on any atom is -0.452 e. The molecule has 72 valence electrons. The lowest BCUT2D eigenvalue weighted by molar-refractivity contribution is -0.143. The standard InChI is InChI=1S/C9H12O4/c1-4(10)7-3-6(9(11)13-7)8-5(2)12-8/h3-5,7-8,10H,1-2H3/t4-,5?,7+,8+/m0/s1. The largest absolute Gasteiger partial charge is 0.452 e. The number of hydrogen-bond acceptors (Lipinski definition) is 4. The molecule has 2 aliphatic heterocycles. The molecule has 0 aromatic rings. The van der Waals surface area contributed by atoms with Crippen molar-refractivity contribution in [1.29, 1.82) is 0 Å². The van der Waals surface area contributed by atoms with Gasteiger partial charge >= 0.3 is 5.97 Å². The van der Waals surface area contributed by atoms with Gasteiger partial charge in [-0.2, -0.15) is 0 Å². The average molecular weight is 184 g/mol. The van der Waals surface area contributed by atoms with Crippen LogP contribution in [0.1, 0.15) is 13.8 Å². The third-order valence-corrected chi connectivity index (χ3v) is 2.32. The van der Waals surface area contributed by atoms with E-state index in [1.54, 1.807) is 13.0 Å². The van der Waals surface area contributed by atoms with Crippen LogP contribution in [0.15, 0.2) is 11.6 Å². The zero-order valence-electron chi connectivity index (χ0n) is 7.56. The van der Waals surface area contributed by atoms with Crippen molar-refractivity contribution in [2.75, 3.05) is 0 Å². The highest BCUT2D eigenvalue weighted by molar-refractivity contribution is 5.92. The molecule has 4 nitrogen and oxygen atoms in total. The van der Waals surface area contributed by atoms with Gasteiger partial charge in [0.25, 0.3) is 0 Å². The van der Waals surface area contributed by atoms with E-state index < -0.39 is 12.2 Å². The summed E-state index contributed by atoms with van der Waals surface area (Å²) < 4.78 is 10.1. The molecule has 2 heterocycles. The third kappa shape index (κ3) is 1.47. The summed E-state index contributed by atoms with van der Waals surface area (Å²) in [6.07, 6.45) is 0.485. The molecule has 0 saturated carbocycles. The summed E-state index contributed by atoms with van der Waals surface area (Å²) in [4.78, 5) is 11.2. The van der Waals surface area contributed by atoms with Crippen LogP contribution in [0.3, 0.4) is 0 Å². The van der Waals surface area contributed by atoms with E-state index >= 15 is 0 Å². The van der Waals surface area contributed by atoms with Crippen LogP contribution in [0.25, 0.3) is 0 Å². The Balaban J connectivity index is 2.10. The van der Waals surface area contributed by atoms with Crippen LogP contribution >= 0.6 is 0 Å². The molecule has 0 amide bonds. The van der Waals surface area contributed by atoms with Crippen molar-refractivity contribution in [3.05, 3.63) is 11.6 Å². The van der Waals surface area contributed by atoms with E-state index in [1.807, 2.05) is 6.92 Å². The number of aliphatic hydroxyl groups excluding tert-OH is 1. The molecular formula is C9H12O4. The molecule has 1 N–H and O–H groups in total. The lowest BCUT2D eigenvalue weighted by atomic mass is 10.1. The molecule has 0 aliphatic carbocycles. The number of ether oxygens (including phenoxy) is 2. The maximum absolute atomic E-state index is 11.2. The Morgan fingerprint density at radius 2 is 2.23 bits per heavy atom. The van der Waals surface area contributed by atoms with Crippen LogP contribution in [0, 0.1) is 0 Å². The van der Waals surface area contributed by atoms with E-state index in [0.29, 0.717) is 5.57 Å². The third-order valence-electron chi connectivity index (χ3n) is 2.32. The van der Waals surface area contributed by atoms with E-state index in [2.05, 4.69) is 0 Å². The minimum absolute atomic E-state index is 0.103. The molecule has 0 radical (unpaired) electrons. The molecule has 0 bridgehead atoms. The predicted octanol–water partition coefficient (Wildman–Crippen LogP) is 0.00630. The Hall–Kier alpha value is -0.870. The van der Waals surface area contributed by atoms with Gasteiger partial charge in [0.2, 0.25) is 0 Å². The molecular weight excluding hydrogens is 172 g/mol. The van der Waals surface area contributed by atoms with Gasteiger partial charge in [0.1, 0.15) is 12.2 Å². The second-order valence-electron chi connectivity index (χ2n) is 3.49. The zero-order valence-corrected chi connectivity index (χ0v) is 7.56. The number of carbonyl (C=O) groups excluding carboxylic acids is 1. The SMILES string of the molecule is CC1O[C@H]1C1=C[C@H]([C@H](C)O)OC1=O. The molecule has 1 saturated heterocycles. The van der Waals surface area contributed by atoms with E-state index in [9.17, 15) is 9.90 Å². The van der Waals surface area contributed by atoms with Gasteiger partial charge in [-0.3, -0.25) is 0 Å². The van der Waals surface area contributed by atoms with Gasteiger partial charge in [0.05, 0.1) is 17.8 Å². The van der Waals surface area contributed by atoms with Crippen LogP contribution in [0.2, 0.25) is 0 Å². The smallest absolute Gasteiger partial charge is 0.337 e. The first-order chi connectivity index (χ1) is 6.09. The van der Waals surface area contributed by atoms with Crippen LogP contribution in [0.5, 0.6) is 0 Å². The summed E-state index contributed by atoms with van der Waals surface area (Å²) in [7, 11) is 0. The molecule has 0 aromatic heterocycles. The van der Waals surface area contributed by atoms with Gasteiger partial charge in [-0.1, -0.05) is 0 Å². The van der Waals surface area contributed by atoms with E-state index in [1.165, 1.54) is 0 Å². The highest BCUT2D eigenvalue weighted by atomic mass is 16.6. The normalized spacial score (nSPS) is 39.8. The fourth-order valence-electron chi connectivity index (χ4n) is 1.43. The molecule has 1 fully saturated rings. The van der Waals surface area contributed by atoms with Crippen LogP contribution in [-0.4, -0.2) is 35.5 Å².